The quantitative estimate of drug-likeness (QED) is 0.278. The maximum Gasteiger partial charge on any atom is 0.157 e. The van der Waals surface area contributed by atoms with E-state index in [0.717, 1.165) is 38.1 Å². The van der Waals surface area contributed by atoms with Crippen LogP contribution in [0.1, 0.15) is 84.0 Å². The summed E-state index contributed by atoms with van der Waals surface area (Å²) in [4.78, 5) is 16.8. The van der Waals surface area contributed by atoms with Crippen molar-refractivity contribution in [2.45, 2.75) is 85.2 Å². The summed E-state index contributed by atoms with van der Waals surface area (Å²) < 4.78 is 6.07. The van der Waals surface area contributed by atoms with Crippen molar-refractivity contribution < 1.29 is 9.53 Å². The van der Waals surface area contributed by atoms with E-state index in [1.807, 2.05) is 12.2 Å². The van der Waals surface area contributed by atoms with Crippen LogP contribution in [0.3, 0.4) is 0 Å². The topological polar surface area (TPSA) is 60.2 Å². The van der Waals surface area contributed by atoms with E-state index in [2.05, 4.69) is 49.4 Å². The first-order valence-electron chi connectivity index (χ1n) is 14.0. The van der Waals surface area contributed by atoms with Crippen molar-refractivity contribution in [3.05, 3.63) is 24.0 Å². The van der Waals surface area contributed by atoms with E-state index in [1.54, 1.807) is 6.08 Å². The van der Waals surface area contributed by atoms with E-state index in [-0.39, 0.29) is 12.3 Å². The zero-order valence-electron chi connectivity index (χ0n) is 22.9. The van der Waals surface area contributed by atoms with Gasteiger partial charge in [0.1, 0.15) is 17.9 Å². The van der Waals surface area contributed by atoms with Crippen LogP contribution < -0.4 is 0 Å². The molecule has 1 aromatic rings. The number of halogens is 1. The number of aromatic nitrogens is 3. The molecule has 0 aromatic carbocycles. The number of alkyl halides is 1. The van der Waals surface area contributed by atoms with Crippen molar-refractivity contribution in [3.8, 4) is 0 Å². The second kappa shape index (κ2) is 13.9. The van der Waals surface area contributed by atoms with Gasteiger partial charge in [0.15, 0.2) is 5.78 Å². The van der Waals surface area contributed by atoms with Gasteiger partial charge in [-0.2, -0.15) is 15.0 Å². The minimum atomic E-state index is 0.150. The summed E-state index contributed by atoms with van der Waals surface area (Å²) in [5, 5.41) is 8.83. The Hall–Kier alpha value is -1.50. The van der Waals surface area contributed by atoms with Gasteiger partial charge < -0.3 is 9.64 Å². The van der Waals surface area contributed by atoms with E-state index in [0.29, 0.717) is 41.1 Å². The van der Waals surface area contributed by atoms with E-state index in [9.17, 15) is 4.79 Å². The molecule has 0 bridgehead atoms. The number of rotatable bonds is 14. The number of ether oxygens (including phenoxy) is 1. The van der Waals surface area contributed by atoms with Crippen LogP contribution in [0.15, 0.2) is 12.7 Å². The largest absolute Gasteiger partial charge is 0.381 e. The number of nitrogens with zero attached hydrogens (tertiary/aromatic N) is 4. The average molecular weight is 519 g/mol. The molecule has 0 radical (unpaired) electrons. The lowest BCUT2D eigenvalue weighted by molar-refractivity contribution is -0.120. The second-order valence-corrected chi connectivity index (χ2v) is 11.3. The first kappa shape index (κ1) is 29.1. The zero-order valence-corrected chi connectivity index (χ0v) is 23.7. The number of carbonyl (C=O) groups is 1. The summed E-state index contributed by atoms with van der Waals surface area (Å²) in [5.41, 5.74) is 1.71. The zero-order chi connectivity index (χ0) is 26.1. The molecule has 0 spiro atoms. The Kier molecular flexibility index (Phi) is 11.2. The first-order valence-corrected chi connectivity index (χ1v) is 14.5. The molecule has 0 N–H and O–H groups in total. The van der Waals surface area contributed by atoms with Crippen LogP contribution in [0.4, 0.5) is 0 Å². The fourth-order valence-electron chi connectivity index (χ4n) is 6.61. The molecule has 2 aliphatic carbocycles. The van der Waals surface area contributed by atoms with Gasteiger partial charge in [-0.25, -0.2) is 0 Å². The molecule has 202 valence electrons. The van der Waals surface area contributed by atoms with Crippen LogP contribution >= 0.6 is 11.6 Å². The summed E-state index contributed by atoms with van der Waals surface area (Å²) in [6, 6.07) is 0.462. The van der Waals surface area contributed by atoms with Crippen LogP contribution in [-0.4, -0.2) is 63.9 Å². The number of hydrogen-bond donors (Lipinski definition) is 0. The highest BCUT2D eigenvalue weighted by Gasteiger charge is 2.48. The number of hydrogen-bond acceptors (Lipinski definition) is 5. The number of carbonyl (C=O) groups excluding carboxylic acids is 1. The van der Waals surface area contributed by atoms with Crippen molar-refractivity contribution >= 4 is 29.5 Å². The predicted molar refractivity (Wildman–Crippen MR) is 149 cm³/mol. The van der Waals surface area contributed by atoms with Crippen molar-refractivity contribution in [3.63, 3.8) is 0 Å². The predicted octanol–water partition coefficient (Wildman–Crippen LogP) is 6.10. The SMILES string of the molecule is C=Cc1nn(CC(=O)CCN(CC)C(C)C2CCC3CC(C)CCC3(COCC)C2)nc1/C=C\CCl. The lowest BCUT2D eigenvalue weighted by atomic mass is 9.55. The molecule has 1 aromatic heterocycles. The molecule has 6 nitrogen and oxygen atoms in total. The molecule has 2 saturated carbocycles. The molecule has 0 amide bonds. The van der Waals surface area contributed by atoms with Gasteiger partial charge in [0.25, 0.3) is 0 Å². The molecular weight excluding hydrogens is 472 g/mol. The number of Topliss-reactive ketones (excluding diaryl/α,β-unsaturated/α-hetero) is 1. The highest BCUT2D eigenvalue weighted by Crippen LogP contribution is 2.54. The van der Waals surface area contributed by atoms with E-state index in [4.69, 9.17) is 16.3 Å². The molecule has 0 aliphatic heterocycles. The molecule has 7 heteroatoms. The summed E-state index contributed by atoms with van der Waals surface area (Å²) in [5.74, 6) is 2.86. The summed E-state index contributed by atoms with van der Waals surface area (Å²) >= 11 is 5.74. The van der Waals surface area contributed by atoms with Gasteiger partial charge in [0.05, 0.1) is 6.61 Å². The van der Waals surface area contributed by atoms with Crippen molar-refractivity contribution in [1.29, 1.82) is 0 Å². The Bertz CT molecular complexity index is 881. The van der Waals surface area contributed by atoms with Gasteiger partial charge in [-0.15, -0.1) is 11.6 Å². The Morgan fingerprint density at radius 3 is 2.78 bits per heavy atom. The molecule has 0 saturated heterocycles. The van der Waals surface area contributed by atoms with E-state index < -0.39 is 0 Å². The van der Waals surface area contributed by atoms with Gasteiger partial charge in [-0.05, 0) is 87.8 Å². The van der Waals surface area contributed by atoms with Crippen LogP contribution in [0.25, 0.3) is 12.2 Å². The summed E-state index contributed by atoms with van der Waals surface area (Å²) in [6.07, 6.45) is 13.7. The summed E-state index contributed by atoms with van der Waals surface area (Å²) in [6.45, 7) is 16.6. The lowest BCUT2D eigenvalue weighted by Crippen LogP contribution is -2.49. The van der Waals surface area contributed by atoms with Crippen molar-refractivity contribution in [2.24, 2.45) is 23.2 Å². The first-order chi connectivity index (χ1) is 17.4. The Morgan fingerprint density at radius 2 is 2.08 bits per heavy atom. The molecule has 3 rings (SSSR count). The Morgan fingerprint density at radius 1 is 1.31 bits per heavy atom. The Labute approximate surface area is 223 Å². The van der Waals surface area contributed by atoms with E-state index >= 15 is 0 Å². The third-order valence-corrected chi connectivity index (χ3v) is 8.94. The van der Waals surface area contributed by atoms with Crippen LogP contribution in [0.2, 0.25) is 0 Å². The number of allylic oxidation sites excluding steroid dienone is 1. The standard InChI is InChI=1S/C29H47ClN4O2/c1-6-27-28(10-9-16-30)32-34(31-27)20-26(35)14-17-33(7-2)23(5)24-11-12-25-18-22(4)13-15-29(25,19-24)21-36-8-3/h6,9-10,22-25H,1,7-8,11-21H2,2-5H3/b10-9-. The van der Waals surface area contributed by atoms with Crippen molar-refractivity contribution in [2.75, 3.05) is 32.2 Å². The van der Waals surface area contributed by atoms with E-state index in [1.165, 1.54) is 43.3 Å². The molecule has 5 atom stereocenters. The van der Waals surface area contributed by atoms with Gasteiger partial charge in [0.2, 0.25) is 0 Å². The smallest absolute Gasteiger partial charge is 0.157 e. The highest BCUT2D eigenvalue weighted by atomic mass is 35.5. The monoisotopic (exact) mass is 518 g/mol. The van der Waals surface area contributed by atoms with Gasteiger partial charge in [-0.1, -0.05) is 32.9 Å². The second-order valence-electron chi connectivity index (χ2n) is 11.0. The number of fused-ring (bicyclic) bond motifs is 1. The Balaban J connectivity index is 1.58. The van der Waals surface area contributed by atoms with Gasteiger partial charge in [0, 0.05) is 31.5 Å². The van der Waals surface area contributed by atoms with Crippen molar-refractivity contribution in [1.82, 2.24) is 19.9 Å². The molecule has 36 heavy (non-hydrogen) atoms. The molecule has 2 aliphatic rings. The van der Waals surface area contributed by atoms with Crippen LogP contribution in [0, 0.1) is 23.2 Å². The minimum Gasteiger partial charge on any atom is -0.381 e. The fourth-order valence-corrected chi connectivity index (χ4v) is 6.70. The lowest BCUT2D eigenvalue weighted by Gasteiger charge is -2.53. The maximum absolute atomic E-state index is 12.8. The third kappa shape index (κ3) is 7.29. The third-order valence-electron chi connectivity index (χ3n) is 8.76. The molecular formula is C29H47ClN4O2. The van der Waals surface area contributed by atoms with Gasteiger partial charge >= 0.3 is 0 Å². The molecule has 1 heterocycles. The minimum absolute atomic E-state index is 0.150. The highest BCUT2D eigenvalue weighted by molar-refractivity contribution is 6.19. The van der Waals surface area contributed by atoms with Gasteiger partial charge in [-0.3, -0.25) is 4.79 Å². The molecule has 5 unspecified atom stereocenters. The molecule has 2 fully saturated rings. The average Bonchev–Trinajstić information content (AvgIpc) is 3.27. The van der Waals surface area contributed by atoms with Crippen LogP contribution in [0.5, 0.6) is 0 Å². The maximum atomic E-state index is 12.8. The normalized spacial score (nSPS) is 27.3. The van der Waals surface area contributed by atoms with Crippen LogP contribution in [-0.2, 0) is 16.1 Å². The fraction of sp³-hybridized carbons (Fsp3) is 0.759. The summed E-state index contributed by atoms with van der Waals surface area (Å²) in [7, 11) is 0. The number of ketones is 1.